The van der Waals surface area contributed by atoms with Gasteiger partial charge in [0, 0.05) is 0 Å². The summed E-state index contributed by atoms with van der Waals surface area (Å²) in [5.41, 5.74) is 12.8. The van der Waals surface area contributed by atoms with Crippen molar-refractivity contribution in [1.82, 2.24) is 0 Å². The molecule has 0 radical (unpaired) electrons. The van der Waals surface area contributed by atoms with E-state index in [1.54, 1.807) is 0 Å². The Morgan fingerprint density at radius 1 is 1.21 bits per heavy atom. The van der Waals surface area contributed by atoms with Gasteiger partial charge in [0.1, 0.15) is 5.75 Å². The molecule has 0 heterocycles. The molecule has 1 unspecified atom stereocenters. The van der Waals surface area contributed by atoms with Gasteiger partial charge in [0.2, 0.25) is 0 Å². The second-order valence-corrected chi connectivity index (χ2v) is 5.66. The van der Waals surface area contributed by atoms with Crippen molar-refractivity contribution < 1.29 is 4.74 Å². The fourth-order valence-corrected chi connectivity index (χ4v) is 2.78. The van der Waals surface area contributed by atoms with Gasteiger partial charge in [-0.3, -0.25) is 0 Å². The Balaban J connectivity index is 2.83. The maximum absolute atomic E-state index is 5.75. The summed E-state index contributed by atoms with van der Waals surface area (Å²) in [6.45, 7) is 6.19. The van der Waals surface area contributed by atoms with E-state index in [-0.39, 0.29) is 0 Å². The van der Waals surface area contributed by atoms with Gasteiger partial charge in [-0.2, -0.15) is 0 Å². The van der Waals surface area contributed by atoms with Crippen LogP contribution in [0.25, 0.3) is 0 Å². The average molecular weight is 329 g/mol. The predicted octanol–water partition coefficient (Wildman–Crippen LogP) is 3.27. The van der Waals surface area contributed by atoms with Crippen LogP contribution in [0.15, 0.2) is 22.7 Å². The quantitative estimate of drug-likeness (QED) is 0.769. The van der Waals surface area contributed by atoms with E-state index in [0.717, 1.165) is 23.1 Å². The highest BCUT2D eigenvalue weighted by molar-refractivity contribution is 9.10. The molecule has 3 nitrogen and oxygen atoms in total. The van der Waals surface area contributed by atoms with E-state index in [0.29, 0.717) is 31.5 Å². The zero-order chi connectivity index (χ0) is 14.3. The van der Waals surface area contributed by atoms with E-state index < -0.39 is 0 Å². The highest BCUT2D eigenvalue weighted by atomic mass is 79.9. The number of hydrogen-bond donors (Lipinski definition) is 2. The molecule has 0 bridgehead atoms. The smallest absolute Gasteiger partial charge is 0.133 e. The van der Waals surface area contributed by atoms with Crippen molar-refractivity contribution in [2.75, 3.05) is 19.7 Å². The molecule has 0 aromatic heterocycles. The van der Waals surface area contributed by atoms with E-state index in [1.165, 1.54) is 5.56 Å². The SMILES string of the molecule is CCOc1ccc(C(CC)CC(CN)CN)cc1Br. The number of rotatable bonds is 8. The molecule has 1 aromatic rings. The van der Waals surface area contributed by atoms with Crippen LogP contribution in [0.2, 0.25) is 0 Å². The minimum Gasteiger partial charge on any atom is -0.493 e. The third kappa shape index (κ3) is 4.79. The van der Waals surface area contributed by atoms with Gasteiger partial charge in [-0.1, -0.05) is 13.0 Å². The van der Waals surface area contributed by atoms with Crippen LogP contribution in [0.4, 0.5) is 0 Å². The first-order chi connectivity index (χ1) is 9.15. The number of halogens is 1. The number of hydrogen-bond acceptors (Lipinski definition) is 3. The molecule has 1 rings (SSSR count). The van der Waals surface area contributed by atoms with Crippen molar-refractivity contribution in [2.45, 2.75) is 32.6 Å². The zero-order valence-corrected chi connectivity index (χ0v) is 13.4. The summed E-state index contributed by atoms with van der Waals surface area (Å²) < 4.78 is 6.56. The van der Waals surface area contributed by atoms with Crippen LogP contribution in [0.3, 0.4) is 0 Å². The molecule has 1 atom stereocenters. The van der Waals surface area contributed by atoms with Crippen molar-refractivity contribution in [3.63, 3.8) is 0 Å². The first kappa shape index (κ1) is 16.5. The van der Waals surface area contributed by atoms with Gasteiger partial charge >= 0.3 is 0 Å². The molecule has 19 heavy (non-hydrogen) atoms. The molecule has 4 N–H and O–H groups in total. The molecule has 108 valence electrons. The van der Waals surface area contributed by atoms with E-state index in [4.69, 9.17) is 16.2 Å². The molecule has 0 saturated heterocycles. The van der Waals surface area contributed by atoms with Crippen LogP contribution in [0.1, 0.15) is 38.2 Å². The van der Waals surface area contributed by atoms with Crippen LogP contribution in [-0.2, 0) is 0 Å². The van der Waals surface area contributed by atoms with Gasteiger partial charge in [0.25, 0.3) is 0 Å². The van der Waals surface area contributed by atoms with E-state index in [2.05, 4.69) is 35.0 Å². The summed E-state index contributed by atoms with van der Waals surface area (Å²) in [7, 11) is 0. The van der Waals surface area contributed by atoms with Crippen LogP contribution in [0.5, 0.6) is 5.75 Å². The lowest BCUT2D eigenvalue weighted by Gasteiger charge is -2.21. The Labute approximate surface area is 124 Å². The van der Waals surface area contributed by atoms with Gasteiger partial charge in [-0.05, 0) is 78.3 Å². The molecule has 0 aliphatic heterocycles. The van der Waals surface area contributed by atoms with Gasteiger partial charge in [-0.15, -0.1) is 0 Å². The van der Waals surface area contributed by atoms with Gasteiger partial charge in [0.05, 0.1) is 11.1 Å². The molecule has 0 saturated carbocycles. The van der Waals surface area contributed by atoms with Crippen molar-refractivity contribution >= 4 is 15.9 Å². The van der Waals surface area contributed by atoms with Gasteiger partial charge < -0.3 is 16.2 Å². The summed E-state index contributed by atoms with van der Waals surface area (Å²) in [4.78, 5) is 0. The summed E-state index contributed by atoms with van der Waals surface area (Å²) >= 11 is 3.57. The fraction of sp³-hybridized carbons (Fsp3) is 0.600. The van der Waals surface area contributed by atoms with Crippen LogP contribution >= 0.6 is 15.9 Å². The fourth-order valence-electron chi connectivity index (χ4n) is 2.27. The van der Waals surface area contributed by atoms with Gasteiger partial charge in [0.15, 0.2) is 0 Å². The maximum Gasteiger partial charge on any atom is 0.133 e. The molecule has 0 fully saturated rings. The third-order valence-corrected chi connectivity index (χ3v) is 4.12. The monoisotopic (exact) mass is 328 g/mol. The highest BCUT2D eigenvalue weighted by Gasteiger charge is 2.16. The predicted molar refractivity (Wildman–Crippen MR) is 84.6 cm³/mol. The first-order valence-corrected chi connectivity index (χ1v) is 7.77. The van der Waals surface area contributed by atoms with E-state index >= 15 is 0 Å². The number of benzene rings is 1. The molecule has 1 aromatic carbocycles. The lowest BCUT2D eigenvalue weighted by atomic mass is 9.87. The highest BCUT2D eigenvalue weighted by Crippen LogP contribution is 2.33. The Hall–Kier alpha value is -0.580. The summed E-state index contributed by atoms with van der Waals surface area (Å²) in [6.07, 6.45) is 2.14. The lowest BCUT2D eigenvalue weighted by Crippen LogP contribution is -2.25. The largest absolute Gasteiger partial charge is 0.493 e. The standard InChI is InChI=1S/C15H25BrN2O/c1-3-12(7-11(9-17)10-18)13-5-6-15(19-4-2)14(16)8-13/h5-6,8,11-12H,3-4,7,9-10,17-18H2,1-2H3. The molecule has 0 spiro atoms. The van der Waals surface area contributed by atoms with Gasteiger partial charge in [-0.25, -0.2) is 0 Å². The van der Waals surface area contributed by atoms with Crippen molar-refractivity contribution in [1.29, 1.82) is 0 Å². The number of ether oxygens (including phenoxy) is 1. The molecule has 0 amide bonds. The normalized spacial score (nSPS) is 12.7. The Morgan fingerprint density at radius 3 is 2.37 bits per heavy atom. The second-order valence-electron chi connectivity index (χ2n) is 4.80. The summed E-state index contributed by atoms with van der Waals surface area (Å²) in [6, 6.07) is 6.34. The first-order valence-electron chi connectivity index (χ1n) is 6.98. The maximum atomic E-state index is 5.75. The third-order valence-electron chi connectivity index (χ3n) is 3.50. The van der Waals surface area contributed by atoms with Crippen molar-refractivity contribution in [2.24, 2.45) is 17.4 Å². The molecule has 4 heteroatoms. The Kier molecular flexibility index (Phi) is 7.42. The molecular formula is C15H25BrN2O. The summed E-state index contributed by atoms with van der Waals surface area (Å²) in [5.74, 6) is 1.80. The van der Waals surface area contributed by atoms with Crippen LogP contribution in [-0.4, -0.2) is 19.7 Å². The Morgan fingerprint density at radius 2 is 1.89 bits per heavy atom. The topological polar surface area (TPSA) is 61.3 Å². The summed E-state index contributed by atoms with van der Waals surface area (Å²) in [5, 5.41) is 0. The molecule has 0 aliphatic rings. The van der Waals surface area contributed by atoms with Crippen molar-refractivity contribution in [3.8, 4) is 5.75 Å². The van der Waals surface area contributed by atoms with E-state index in [9.17, 15) is 0 Å². The van der Waals surface area contributed by atoms with Crippen molar-refractivity contribution in [3.05, 3.63) is 28.2 Å². The lowest BCUT2D eigenvalue weighted by molar-refractivity contribution is 0.338. The van der Waals surface area contributed by atoms with E-state index in [1.807, 2.05) is 13.0 Å². The molecular weight excluding hydrogens is 304 g/mol. The van der Waals surface area contributed by atoms with Crippen LogP contribution < -0.4 is 16.2 Å². The number of nitrogens with two attached hydrogens (primary N) is 2. The second kappa shape index (κ2) is 8.56. The van der Waals surface area contributed by atoms with Crippen LogP contribution in [0, 0.1) is 5.92 Å². The minimum absolute atomic E-state index is 0.398. The minimum atomic E-state index is 0.398. The molecule has 0 aliphatic carbocycles. The Bertz CT molecular complexity index is 380. The zero-order valence-electron chi connectivity index (χ0n) is 11.9. The average Bonchev–Trinajstić information content (AvgIpc) is 2.43.